The van der Waals surface area contributed by atoms with Gasteiger partial charge in [-0.05, 0) is 6.92 Å². The summed E-state index contributed by atoms with van der Waals surface area (Å²) < 4.78 is 4.90. The minimum absolute atomic E-state index is 0.0686. The molecule has 7 heteroatoms. The largest absolute Gasteiger partial charge is 0.478 e. The molecular weight excluding hydrogens is 280 g/mol. The predicted octanol–water partition coefficient (Wildman–Crippen LogP) is 2.01. The van der Waals surface area contributed by atoms with Crippen LogP contribution in [0, 0.1) is 6.92 Å². The third-order valence-electron chi connectivity index (χ3n) is 2.95. The molecule has 1 N–H and O–H groups in total. The third kappa shape index (κ3) is 2.92. The van der Waals surface area contributed by atoms with Crippen molar-refractivity contribution in [1.82, 2.24) is 9.97 Å². The van der Waals surface area contributed by atoms with Crippen LogP contribution in [0.5, 0.6) is 0 Å². The summed E-state index contributed by atoms with van der Waals surface area (Å²) in [6.07, 6.45) is 0.572. The number of thioether (sulfide) groups is 1. The average Bonchev–Trinajstić information content (AvgIpc) is 2.73. The Hall–Kier alpha value is -1.63. The van der Waals surface area contributed by atoms with Crippen LogP contribution in [0.1, 0.15) is 48.1 Å². The summed E-state index contributed by atoms with van der Waals surface area (Å²) in [7, 11) is 0. The molecule has 1 aromatic heterocycles. The number of ether oxygens (including phenoxy) is 1. The van der Waals surface area contributed by atoms with E-state index in [1.165, 1.54) is 0 Å². The molecule has 1 atom stereocenters. The van der Waals surface area contributed by atoms with Crippen LogP contribution in [0.3, 0.4) is 0 Å². The Kier molecular flexibility index (Phi) is 4.27. The fourth-order valence-corrected chi connectivity index (χ4v) is 3.02. The van der Waals surface area contributed by atoms with Crippen molar-refractivity contribution in [3.63, 3.8) is 0 Å². The van der Waals surface area contributed by atoms with E-state index in [1.54, 1.807) is 6.92 Å². The van der Waals surface area contributed by atoms with Crippen molar-refractivity contribution in [2.75, 3.05) is 6.61 Å². The van der Waals surface area contributed by atoms with Crippen molar-refractivity contribution >= 4 is 23.7 Å². The van der Waals surface area contributed by atoms with Gasteiger partial charge in [0.05, 0.1) is 12.3 Å². The van der Waals surface area contributed by atoms with Crippen molar-refractivity contribution in [1.29, 1.82) is 0 Å². The number of aryl methyl sites for hydroxylation is 1. The molecule has 1 saturated heterocycles. The Morgan fingerprint density at radius 2 is 2.15 bits per heavy atom. The lowest BCUT2D eigenvalue weighted by Crippen LogP contribution is -2.15. The Morgan fingerprint density at radius 1 is 1.45 bits per heavy atom. The standard InChI is InChI=1S/C13H16N2O4S/c1-6(2)10-14-7(3)9(12(16)17)11(15-10)20-8-4-5-19-13(8)18/h6,8H,4-5H2,1-3H3,(H,16,17). The molecule has 2 heterocycles. The van der Waals surface area contributed by atoms with E-state index in [2.05, 4.69) is 9.97 Å². The van der Waals surface area contributed by atoms with E-state index in [0.717, 1.165) is 11.8 Å². The van der Waals surface area contributed by atoms with Crippen LogP contribution < -0.4 is 0 Å². The highest BCUT2D eigenvalue weighted by atomic mass is 32.2. The van der Waals surface area contributed by atoms with Gasteiger partial charge in [0.2, 0.25) is 0 Å². The van der Waals surface area contributed by atoms with Gasteiger partial charge in [0.25, 0.3) is 0 Å². The maximum atomic E-state index is 11.5. The van der Waals surface area contributed by atoms with E-state index in [-0.39, 0.29) is 22.7 Å². The number of cyclic esters (lactones) is 1. The molecule has 1 aliphatic rings. The number of aromatic nitrogens is 2. The first-order valence-electron chi connectivity index (χ1n) is 6.35. The van der Waals surface area contributed by atoms with Crippen LogP contribution in [-0.4, -0.2) is 38.9 Å². The number of aromatic carboxylic acids is 1. The number of rotatable bonds is 4. The van der Waals surface area contributed by atoms with Crippen molar-refractivity contribution in [3.05, 3.63) is 17.1 Å². The van der Waals surface area contributed by atoms with Crippen LogP contribution in [0.25, 0.3) is 0 Å². The smallest absolute Gasteiger partial charge is 0.340 e. The van der Waals surface area contributed by atoms with Gasteiger partial charge in [0.1, 0.15) is 21.7 Å². The zero-order chi connectivity index (χ0) is 14.9. The topological polar surface area (TPSA) is 89.4 Å². The normalized spacial score (nSPS) is 18.4. The predicted molar refractivity (Wildman–Crippen MR) is 73.0 cm³/mol. The molecule has 108 valence electrons. The number of esters is 1. The maximum Gasteiger partial charge on any atom is 0.340 e. The van der Waals surface area contributed by atoms with E-state index in [0.29, 0.717) is 29.6 Å². The Balaban J connectivity index is 2.42. The molecule has 0 bridgehead atoms. The summed E-state index contributed by atoms with van der Waals surface area (Å²) in [5.41, 5.74) is 0.490. The van der Waals surface area contributed by atoms with Crippen LogP contribution >= 0.6 is 11.8 Å². The van der Waals surface area contributed by atoms with Crippen molar-refractivity contribution in [2.24, 2.45) is 0 Å². The first kappa shape index (κ1) is 14.8. The van der Waals surface area contributed by atoms with Crippen molar-refractivity contribution in [2.45, 2.75) is 43.4 Å². The van der Waals surface area contributed by atoms with Crippen LogP contribution in [0.2, 0.25) is 0 Å². The molecule has 0 aromatic carbocycles. The van der Waals surface area contributed by atoms with Gasteiger partial charge >= 0.3 is 11.9 Å². The number of carboxylic acids is 1. The van der Waals surface area contributed by atoms with Gasteiger partial charge in [-0.25, -0.2) is 14.8 Å². The molecule has 0 saturated carbocycles. The van der Waals surface area contributed by atoms with Crippen LogP contribution in [0.4, 0.5) is 0 Å². The second kappa shape index (κ2) is 5.78. The van der Waals surface area contributed by atoms with Gasteiger partial charge in [0, 0.05) is 12.3 Å². The van der Waals surface area contributed by atoms with Crippen LogP contribution in [0.15, 0.2) is 5.03 Å². The average molecular weight is 296 g/mol. The maximum absolute atomic E-state index is 11.5. The first-order valence-corrected chi connectivity index (χ1v) is 7.23. The number of carboxylic acid groups (broad SMARTS) is 1. The third-order valence-corrected chi connectivity index (χ3v) is 4.18. The summed E-state index contributed by atoms with van der Waals surface area (Å²) in [4.78, 5) is 31.4. The van der Waals surface area contributed by atoms with Gasteiger partial charge in [-0.3, -0.25) is 4.79 Å². The quantitative estimate of drug-likeness (QED) is 0.671. The van der Waals surface area contributed by atoms with E-state index in [1.807, 2.05) is 13.8 Å². The van der Waals surface area contributed by atoms with Gasteiger partial charge < -0.3 is 9.84 Å². The summed E-state index contributed by atoms with van der Waals surface area (Å²) in [6.45, 7) is 5.90. The van der Waals surface area contributed by atoms with E-state index in [9.17, 15) is 14.7 Å². The SMILES string of the molecule is Cc1nc(C(C)C)nc(SC2CCOC2=O)c1C(=O)O. The molecule has 0 amide bonds. The summed E-state index contributed by atoms with van der Waals surface area (Å²) >= 11 is 1.15. The van der Waals surface area contributed by atoms with E-state index >= 15 is 0 Å². The lowest BCUT2D eigenvalue weighted by atomic mass is 10.2. The van der Waals surface area contributed by atoms with Crippen molar-refractivity contribution < 1.29 is 19.4 Å². The highest BCUT2D eigenvalue weighted by molar-refractivity contribution is 8.00. The van der Waals surface area contributed by atoms with Crippen LogP contribution in [-0.2, 0) is 9.53 Å². The first-order chi connectivity index (χ1) is 9.40. The minimum Gasteiger partial charge on any atom is -0.478 e. The number of carbonyl (C=O) groups is 2. The molecule has 1 aliphatic heterocycles. The van der Waals surface area contributed by atoms with Crippen molar-refractivity contribution in [3.8, 4) is 0 Å². The molecule has 6 nitrogen and oxygen atoms in total. The van der Waals surface area contributed by atoms with Gasteiger partial charge in [-0.2, -0.15) is 0 Å². The zero-order valence-corrected chi connectivity index (χ0v) is 12.4. The summed E-state index contributed by atoms with van der Waals surface area (Å²) in [6, 6.07) is 0. The number of carbonyl (C=O) groups excluding carboxylic acids is 1. The van der Waals surface area contributed by atoms with E-state index < -0.39 is 5.97 Å². The number of hydrogen-bond acceptors (Lipinski definition) is 6. The Labute approximate surface area is 121 Å². The summed E-state index contributed by atoms with van der Waals surface area (Å²) in [5.74, 6) is -0.715. The number of hydrogen-bond donors (Lipinski definition) is 1. The molecule has 1 fully saturated rings. The fourth-order valence-electron chi connectivity index (χ4n) is 1.88. The van der Waals surface area contributed by atoms with Gasteiger partial charge in [-0.1, -0.05) is 25.6 Å². The molecule has 1 aromatic rings. The molecular formula is C13H16N2O4S. The lowest BCUT2D eigenvalue weighted by molar-refractivity contribution is -0.137. The summed E-state index contributed by atoms with van der Waals surface area (Å²) in [5, 5.41) is 9.26. The molecule has 0 radical (unpaired) electrons. The zero-order valence-electron chi connectivity index (χ0n) is 11.5. The fraction of sp³-hybridized carbons (Fsp3) is 0.538. The lowest BCUT2D eigenvalue weighted by Gasteiger charge is -2.13. The Morgan fingerprint density at radius 3 is 2.65 bits per heavy atom. The molecule has 20 heavy (non-hydrogen) atoms. The van der Waals surface area contributed by atoms with Gasteiger partial charge in [-0.15, -0.1) is 0 Å². The monoisotopic (exact) mass is 296 g/mol. The Bertz CT molecular complexity index is 560. The van der Waals surface area contributed by atoms with E-state index in [4.69, 9.17) is 4.74 Å². The molecule has 2 rings (SSSR count). The number of nitrogens with zero attached hydrogens (tertiary/aromatic N) is 2. The minimum atomic E-state index is -1.08. The molecule has 1 unspecified atom stereocenters. The highest BCUT2D eigenvalue weighted by Gasteiger charge is 2.31. The van der Waals surface area contributed by atoms with Gasteiger partial charge in [0.15, 0.2) is 0 Å². The molecule has 0 aliphatic carbocycles. The second-order valence-corrected chi connectivity index (χ2v) is 6.06. The highest BCUT2D eigenvalue weighted by Crippen LogP contribution is 2.32. The molecule has 0 spiro atoms. The second-order valence-electron chi connectivity index (χ2n) is 4.87.